The zero-order valence-electron chi connectivity index (χ0n) is 17.2. The molecule has 0 amide bonds. The monoisotopic (exact) mass is 363 g/mol. The molecule has 1 atom stereocenters. The predicted octanol–water partition coefficient (Wildman–Crippen LogP) is 5.06. The summed E-state index contributed by atoms with van der Waals surface area (Å²) in [6.45, 7) is 2.37. The summed E-state index contributed by atoms with van der Waals surface area (Å²) in [5.41, 5.74) is 5.12. The molecule has 3 nitrogen and oxygen atoms in total. The zero-order chi connectivity index (χ0) is 19.2. The summed E-state index contributed by atoms with van der Waals surface area (Å²) in [6, 6.07) is 18.1. The number of nitrogens with zero attached hydrogens (tertiary/aromatic N) is 3. The van der Waals surface area contributed by atoms with E-state index in [4.69, 9.17) is 0 Å². The second kappa shape index (κ2) is 9.09. The summed E-state index contributed by atoms with van der Waals surface area (Å²) in [4.78, 5) is 6.91. The molecule has 1 fully saturated rings. The van der Waals surface area contributed by atoms with Gasteiger partial charge in [-0.2, -0.15) is 0 Å². The quantitative estimate of drug-likeness (QED) is 0.710. The van der Waals surface area contributed by atoms with Crippen molar-refractivity contribution in [3.05, 3.63) is 65.7 Å². The smallest absolute Gasteiger partial charge is 0.0534 e. The van der Waals surface area contributed by atoms with E-state index in [1.54, 1.807) is 0 Å². The first-order valence-electron chi connectivity index (χ1n) is 10.0. The normalized spacial score (nSPS) is 16.4. The lowest BCUT2D eigenvalue weighted by Gasteiger charge is -2.33. The van der Waals surface area contributed by atoms with Crippen molar-refractivity contribution in [2.24, 2.45) is 0 Å². The van der Waals surface area contributed by atoms with Crippen LogP contribution < -0.4 is 9.80 Å². The summed E-state index contributed by atoms with van der Waals surface area (Å²) in [7, 11) is 8.34. The molecule has 144 valence electrons. The zero-order valence-corrected chi connectivity index (χ0v) is 17.2. The number of hydrogen-bond donors (Lipinski definition) is 0. The fraction of sp³-hybridized carbons (Fsp3) is 0.417. The number of piperidine rings is 1. The van der Waals surface area contributed by atoms with E-state index in [2.05, 4.69) is 104 Å². The topological polar surface area (TPSA) is 9.72 Å². The largest absolute Gasteiger partial charge is 0.378 e. The number of likely N-dealkylation sites (tertiary alicyclic amines) is 1. The van der Waals surface area contributed by atoms with Gasteiger partial charge < -0.3 is 9.80 Å². The van der Waals surface area contributed by atoms with E-state index in [0.29, 0.717) is 6.04 Å². The van der Waals surface area contributed by atoms with Gasteiger partial charge in [0.1, 0.15) is 0 Å². The molecule has 0 aromatic heterocycles. The highest BCUT2D eigenvalue weighted by Gasteiger charge is 2.20. The van der Waals surface area contributed by atoms with Crippen LogP contribution >= 0.6 is 0 Å². The molecule has 3 heteroatoms. The van der Waals surface area contributed by atoms with Gasteiger partial charge in [-0.05, 0) is 61.3 Å². The molecule has 1 heterocycles. The summed E-state index contributed by atoms with van der Waals surface area (Å²) < 4.78 is 0. The Morgan fingerprint density at radius 3 is 1.78 bits per heavy atom. The summed E-state index contributed by atoms with van der Waals surface area (Å²) in [6.07, 6.45) is 8.62. The Morgan fingerprint density at radius 2 is 1.26 bits per heavy atom. The first-order chi connectivity index (χ1) is 13.0. The third-order valence-corrected chi connectivity index (χ3v) is 5.42. The first-order valence-corrected chi connectivity index (χ1v) is 10.0. The van der Waals surface area contributed by atoms with Gasteiger partial charge in [-0.3, -0.25) is 4.90 Å². The van der Waals surface area contributed by atoms with E-state index >= 15 is 0 Å². The fourth-order valence-electron chi connectivity index (χ4n) is 3.70. The minimum absolute atomic E-state index is 0.343. The average molecular weight is 364 g/mol. The van der Waals surface area contributed by atoms with Crippen molar-refractivity contribution in [1.82, 2.24) is 4.90 Å². The molecule has 1 aliphatic heterocycles. The Bertz CT molecular complexity index is 723. The van der Waals surface area contributed by atoms with Crippen LogP contribution in [0.15, 0.2) is 54.6 Å². The van der Waals surface area contributed by atoms with Crippen LogP contribution in [0.5, 0.6) is 0 Å². The molecule has 1 saturated heterocycles. The van der Waals surface area contributed by atoms with Gasteiger partial charge in [-0.1, -0.05) is 42.8 Å². The van der Waals surface area contributed by atoms with Crippen molar-refractivity contribution in [3.8, 4) is 0 Å². The Morgan fingerprint density at radius 1 is 0.741 bits per heavy atom. The second-order valence-corrected chi connectivity index (χ2v) is 7.87. The molecule has 0 radical (unpaired) electrons. The lowest BCUT2D eigenvalue weighted by molar-refractivity contribution is 0.192. The number of hydrogen-bond acceptors (Lipinski definition) is 3. The van der Waals surface area contributed by atoms with Crippen LogP contribution in [-0.4, -0.2) is 46.2 Å². The lowest BCUT2D eigenvalue weighted by atomic mass is 10.00. The van der Waals surface area contributed by atoms with Gasteiger partial charge in [-0.15, -0.1) is 0 Å². The van der Waals surface area contributed by atoms with E-state index in [-0.39, 0.29) is 0 Å². The average Bonchev–Trinajstić information content (AvgIpc) is 2.69. The van der Waals surface area contributed by atoms with E-state index in [1.165, 1.54) is 54.9 Å². The van der Waals surface area contributed by atoms with E-state index in [1.807, 2.05) is 0 Å². The van der Waals surface area contributed by atoms with Crippen molar-refractivity contribution in [3.63, 3.8) is 0 Å². The van der Waals surface area contributed by atoms with Crippen LogP contribution in [-0.2, 0) is 0 Å². The Kier molecular flexibility index (Phi) is 6.57. The van der Waals surface area contributed by atoms with Gasteiger partial charge >= 0.3 is 0 Å². The maximum atomic E-state index is 2.62. The molecule has 1 unspecified atom stereocenters. The first kappa shape index (κ1) is 19.5. The molecule has 0 spiro atoms. The van der Waals surface area contributed by atoms with E-state index in [0.717, 1.165) is 0 Å². The molecule has 0 saturated carbocycles. The number of benzene rings is 2. The van der Waals surface area contributed by atoms with Crippen LogP contribution in [0.25, 0.3) is 6.08 Å². The molecular weight excluding hydrogens is 330 g/mol. The highest BCUT2D eigenvalue weighted by atomic mass is 15.2. The molecule has 0 N–H and O–H groups in total. The molecule has 3 rings (SSSR count). The molecule has 2 aromatic carbocycles. The van der Waals surface area contributed by atoms with Gasteiger partial charge in [0.2, 0.25) is 0 Å². The fourth-order valence-corrected chi connectivity index (χ4v) is 3.70. The van der Waals surface area contributed by atoms with E-state index < -0.39 is 0 Å². The third kappa shape index (κ3) is 5.14. The van der Waals surface area contributed by atoms with Gasteiger partial charge in [0, 0.05) is 39.6 Å². The molecule has 0 bridgehead atoms. The standard InChI is InChI=1S/C24H33N3/c1-25(2)22-13-8-20(9-14-22)10-17-24(27-18-6-5-7-19-27)21-11-15-23(16-12-21)26(3)4/h8-17,24H,5-7,18-19H2,1-4H3/b17-10+. The van der Waals surface area contributed by atoms with Gasteiger partial charge in [0.05, 0.1) is 6.04 Å². The molecular formula is C24H33N3. The van der Waals surface area contributed by atoms with Crippen LogP contribution in [0.3, 0.4) is 0 Å². The maximum Gasteiger partial charge on any atom is 0.0534 e. The SMILES string of the molecule is CN(C)c1ccc(/C=C/C(c2ccc(N(C)C)cc2)N2CCCCC2)cc1. The van der Waals surface area contributed by atoms with Crippen LogP contribution in [0.1, 0.15) is 36.4 Å². The second-order valence-electron chi connectivity index (χ2n) is 7.87. The molecule has 2 aromatic rings. The van der Waals surface area contributed by atoms with Crippen LogP contribution in [0.4, 0.5) is 11.4 Å². The van der Waals surface area contributed by atoms with Crippen molar-refractivity contribution in [1.29, 1.82) is 0 Å². The van der Waals surface area contributed by atoms with Crippen molar-refractivity contribution in [2.75, 3.05) is 51.1 Å². The third-order valence-electron chi connectivity index (χ3n) is 5.42. The lowest BCUT2D eigenvalue weighted by Crippen LogP contribution is -2.32. The molecule has 0 aliphatic carbocycles. The van der Waals surface area contributed by atoms with Crippen molar-refractivity contribution >= 4 is 17.5 Å². The Labute approximate surface area is 164 Å². The van der Waals surface area contributed by atoms with Gasteiger partial charge in [0.25, 0.3) is 0 Å². The maximum absolute atomic E-state index is 2.62. The highest BCUT2D eigenvalue weighted by molar-refractivity contribution is 5.56. The Balaban J connectivity index is 1.82. The van der Waals surface area contributed by atoms with Crippen molar-refractivity contribution < 1.29 is 0 Å². The number of anilines is 2. The van der Waals surface area contributed by atoms with Gasteiger partial charge in [-0.25, -0.2) is 0 Å². The molecule has 27 heavy (non-hydrogen) atoms. The minimum Gasteiger partial charge on any atom is -0.378 e. The van der Waals surface area contributed by atoms with Crippen molar-refractivity contribution in [2.45, 2.75) is 25.3 Å². The molecule has 1 aliphatic rings. The summed E-state index contributed by atoms with van der Waals surface area (Å²) >= 11 is 0. The predicted molar refractivity (Wildman–Crippen MR) is 119 cm³/mol. The van der Waals surface area contributed by atoms with Gasteiger partial charge in [0.15, 0.2) is 0 Å². The van der Waals surface area contributed by atoms with E-state index in [9.17, 15) is 0 Å². The van der Waals surface area contributed by atoms with Crippen LogP contribution in [0, 0.1) is 0 Å². The minimum atomic E-state index is 0.343. The Hall–Kier alpha value is -2.26. The summed E-state index contributed by atoms with van der Waals surface area (Å²) in [5, 5.41) is 0. The number of rotatable bonds is 6. The summed E-state index contributed by atoms with van der Waals surface area (Å²) in [5.74, 6) is 0. The van der Waals surface area contributed by atoms with Crippen LogP contribution in [0.2, 0.25) is 0 Å². The highest BCUT2D eigenvalue weighted by Crippen LogP contribution is 2.28.